The Labute approximate surface area is 152 Å². The van der Waals surface area contributed by atoms with Gasteiger partial charge in [-0.05, 0) is 30.7 Å². The average Bonchev–Trinajstić information content (AvgIpc) is 2.92. The van der Waals surface area contributed by atoms with Gasteiger partial charge in [0.1, 0.15) is 0 Å². The summed E-state index contributed by atoms with van der Waals surface area (Å²) in [5, 5.41) is 11.5. The van der Waals surface area contributed by atoms with E-state index in [4.69, 9.17) is 11.6 Å². The molecule has 0 aliphatic heterocycles. The van der Waals surface area contributed by atoms with Crippen LogP contribution in [0.4, 0.5) is 5.69 Å². The highest BCUT2D eigenvalue weighted by Crippen LogP contribution is 2.23. The van der Waals surface area contributed by atoms with E-state index in [-0.39, 0.29) is 18.0 Å². The van der Waals surface area contributed by atoms with Crippen LogP contribution in [0.1, 0.15) is 12.5 Å². The summed E-state index contributed by atoms with van der Waals surface area (Å²) < 4.78 is 2.61. The van der Waals surface area contributed by atoms with E-state index in [1.807, 2.05) is 11.5 Å². The lowest BCUT2D eigenvalue weighted by Crippen LogP contribution is -2.16. The highest BCUT2D eigenvalue weighted by atomic mass is 35.5. The quantitative estimate of drug-likeness (QED) is 0.511. The summed E-state index contributed by atoms with van der Waals surface area (Å²) >= 11 is 7.11. The molecular weight excluding hydrogens is 362 g/mol. The molecule has 0 saturated heterocycles. The van der Waals surface area contributed by atoms with E-state index in [0.717, 1.165) is 15.8 Å². The number of rotatable bonds is 4. The Bertz CT molecular complexity index is 1020. The monoisotopic (exact) mass is 375 g/mol. The Morgan fingerprint density at radius 2 is 2.00 bits per heavy atom. The third-order valence-corrected chi connectivity index (χ3v) is 4.98. The van der Waals surface area contributed by atoms with Crippen molar-refractivity contribution in [3.05, 3.63) is 68.0 Å². The van der Waals surface area contributed by atoms with Gasteiger partial charge in [0.2, 0.25) is 0 Å². The summed E-state index contributed by atoms with van der Waals surface area (Å²) in [4.78, 5) is 27.5. The molecule has 8 heteroatoms. The minimum Gasteiger partial charge on any atom is -0.317 e. The fourth-order valence-corrected chi connectivity index (χ4v) is 3.76. The van der Waals surface area contributed by atoms with Gasteiger partial charge < -0.3 is 4.57 Å². The smallest absolute Gasteiger partial charge is 0.270 e. The van der Waals surface area contributed by atoms with Crippen LogP contribution in [0.25, 0.3) is 10.2 Å². The maximum absolute atomic E-state index is 12.3. The van der Waals surface area contributed by atoms with Crippen molar-refractivity contribution in [2.75, 3.05) is 0 Å². The van der Waals surface area contributed by atoms with Crippen LogP contribution in [-0.4, -0.2) is 15.4 Å². The van der Waals surface area contributed by atoms with Gasteiger partial charge in [0.15, 0.2) is 4.80 Å². The Hall–Kier alpha value is -2.51. The molecule has 0 atom stereocenters. The third-order valence-electron chi connectivity index (χ3n) is 3.68. The minimum atomic E-state index is -0.433. The van der Waals surface area contributed by atoms with Crippen LogP contribution in [0.3, 0.4) is 0 Å². The van der Waals surface area contributed by atoms with Gasteiger partial charge in [0.05, 0.1) is 21.6 Å². The number of carbonyl (C=O) groups excluding carboxylic acids is 1. The third kappa shape index (κ3) is 3.78. The van der Waals surface area contributed by atoms with E-state index in [1.54, 1.807) is 30.3 Å². The molecule has 1 amide bonds. The van der Waals surface area contributed by atoms with Crippen molar-refractivity contribution >= 4 is 44.7 Å². The van der Waals surface area contributed by atoms with Crippen LogP contribution >= 0.6 is 22.9 Å². The molecule has 0 spiro atoms. The molecule has 128 valence electrons. The van der Waals surface area contributed by atoms with Crippen LogP contribution in [0.15, 0.2) is 47.5 Å². The number of non-ortho nitro benzene ring substituents is 1. The number of halogens is 1. The lowest BCUT2D eigenvalue weighted by molar-refractivity contribution is -0.384. The normalized spacial score (nSPS) is 11.8. The molecule has 3 aromatic rings. The number of fused-ring (bicyclic) bond motifs is 1. The van der Waals surface area contributed by atoms with Crippen molar-refractivity contribution in [2.24, 2.45) is 4.99 Å². The number of carbonyl (C=O) groups is 1. The molecule has 0 N–H and O–H groups in total. The number of aromatic nitrogens is 1. The summed E-state index contributed by atoms with van der Waals surface area (Å²) in [6.07, 6.45) is 0.176. The van der Waals surface area contributed by atoms with Gasteiger partial charge in [-0.2, -0.15) is 4.99 Å². The zero-order valence-corrected chi connectivity index (χ0v) is 14.9. The average molecular weight is 376 g/mol. The molecule has 1 heterocycles. The van der Waals surface area contributed by atoms with Crippen LogP contribution in [0.2, 0.25) is 5.02 Å². The van der Waals surface area contributed by atoms with E-state index in [0.29, 0.717) is 16.4 Å². The Kier molecular flexibility index (Phi) is 4.96. The summed E-state index contributed by atoms with van der Waals surface area (Å²) in [6.45, 7) is 2.56. The maximum atomic E-state index is 12.3. The molecule has 6 nitrogen and oxygen atoms in total. The van der Waals surface area contributed by atoms with Crippen molar-refractivity contribution in [3.63, 3.8) is 0 Å². The molecule has 0 fully saturated rings. The van der Waals surface area contributed by atoms with Crippen molar-refractivity contribution in [3.8, 4) is 0 Å². The molecule has 0 bridgehead atoms. The second-order valence-corrected chi connectivity index (χ2v) is 6.79. The van der Waals surface area contributed by atoms with Gasteiger partial charge in [0, 0.05) is 23.7 Å². The number of hydrogen-bond donors (Lipinski definition) is 0. The van der Waals surface area contributed by atoms with E-state index in [1.165, 1.54) is 23.5 Å². The van der Waals surface area contributed by atoms with Crippen LogP contribution < -0.4 is 4.80 Å². The molecule has 0 unspecified atom stereocenters. The zero-order valence-electron chi connectivity index (χ0n) is 13.3. The minimum absolute atomic E-state index is 0.0241. The van der Waals surface area contributed by atoms with Gasteiger partial charge in [-0.3, -0.25) is 14.9 Å². The van der Waals surface area contributed by atoms with Crippen molar-refractivity contribution in [2.45, 2.75) is 19.9 Å². The first-order valence-electron chi connectivity index (χ1n) is 7.57. The number of hydrogen-bond acceptors (Lipinski definition) is 4. The fourth-order valence-electron chi connectivity index (χ4n) is 2.49. The number of amides is 1. The first-order chi connectivity index (χ1) is 12.0. The molecule has 3 rings (SSSR count). The van der Waals surface area contributed by atoms with Crippen LogP contribution in [0.5, 0.6) is 0 Å². The SMILES string of the molecule is CCn1c(=NC(=O)Cc2ccc(Cl)cc2)sc2cc([N+](=O)[O-])ccc21. The van der Waals surface area contributed by atoms with E-state index in [9.17, 15) is 14.9 Å². The highest BCUT2D eigenvalue weighted by molar-refractivity contribution is 7.16. The molecule has 2 aromatic carbocycles. The molecular formula is C17H14ClN3O3S. The number of aryl methyl sites for hydroxylation is 1. The van der Waals surface area contributed by atoms with Gasteiger partial charge >= 0.3 is 0 Å². The first kappa shape index (κ1) is 17.3. The fraction of sp³-hybridized carbons (Fsp3) is 0.176. The summed E-state index contributed by atoms with van der Waals surface area (Å²) in [5.74, 6) is -0.273. The summed E-state index contributed by atoms with van der Waals surface area (Å²) in [7, 11) is 0. The van der Waals surface area contributed by atoms with Gasteiger partial charge in [-0.1, -0.05) is 35.1 Å². The van der Waals surface area contributed by atoms with Gasteiger partial charge in [-0.15, -0.1) is 0 Å². The largest absolute Gasteiger partial charge is 0.317 e. The number of nitro groups is 1. The molecule has 0 aliphatic carbocycles. The number of benzene rings is 2. The summed E-state index contributed by atoms with van der Waals surface area (Å²) in [5.41, 5.74) is 1.69. The molecule has 0 aliphatic rings. The number of thiazole rings is 1. The Morgan fingerprint density at radius 3 is 2.64 bits per heavy atom. The topological polar surface area (TPSA) is 77.5 Å². The van der Waals surface area contributed by atoms with Crippen molar-refractivity contribution < 1.29 is 9.72 Å². The maximum Gasteiger partial charge on any atom is 0.270 e. The number of nitrogens with zero attached hydrogens (tertiary/aromatic N) is 3. The summed E-state index contributed by atoms with van der Waals surface area (Å²) in [6, 6.07) is 11.7. The van der Waals surface area contributed by atoms with Crippen LogP contribution in [0, 0.1) is 10.1 Å². The zero-order chi connectivity index (χ0) is 18.0. The second-order valence-electron chi connectivity index (χ2n) is 5.35. The molecule has 0 saturated carbocycles. The molecule has 0 radical (unpaired) electrons. The van der Waals surface area contributed by atoms with E-state index >= 15 is 0 Å². The van der Waals surface area contributed by atoms with Crippen molar-refractivity contribution in [1.29, 1.82) is 0 Å². The number of nitro benzene ring substituents is 1. The second kappa shape index (κ2) is 7.16. The molecule has 1 aromatic heterocycles. The van der Waals surface area contributed by atoms with E-state index in [2.05, 4.69) is 4.99 Å². The standard InChI is InChI=1S/C17H14ClN3O3S/c1-2-20-14-8-7-13(21(23)24)10-15(14)25-17(20)19-16(22)9-11-3-5-12(18)6-4-11/h3-8,10H,2,9H2,1H3. The Morgan fingerprint density at radius 1 is 1.28 bits per heavy atom. The Balaban J connectivity index is 1.98. The van der Waals surface area contributed by atoms with E-state index < -0.39 is 4.92 Å². The lowest BCUT2D eigenvalue weighted by atomic mass is 10.1. The van der Waals surface area contributed by atoms with Crippen molar-refractivity contribution in [1.82, 2.24) is 4.57 Å². The van der Waals surface area contributed by atoms with Gasteiger partial charge in [-0.25, -0.2) is 0 Å². The van der Waals surface area contributed by atoms with Gasteiger partial charge in [0.25, 0.3) is 11.6 Å². The predicted molar refractivity (Wildman–Crippen MR) is 97.9 cm³/mol. The molecule has 25 heavy (non-hydrogen) atoms. The predicted octanol–water partition coefficient (Wildman–Crippen LogP) is 3.95. The highest BCUT2D eigenvalue weighted by Gasteiger charge is 2.12. The lowest BCUT2D eigenvalue weighted by Gasteiger charge is -2.00. The first-order valence-corrected chi connectivity index (χ1v) is 8.77. The van der Waals surface area contributed by atoms with Crippen LogP contribution in [-0.2, 0) is 17.8 Å².